The van der Waals surface area contributed by atoms with Crippen molar-refractivity contribution in [2.45, 2.75) is 19.9 Å². The number of hydrazone groups is 1. The molecule has 114 valence electrons. The van der Waals surface area contributed by atoms with Crippen LogP contribution >= 0.6 is 0 Å². The highest BCUT2D eigenvalue weighted by Gasteiger charge is 2.55. The zero-order valence-electron chi connectivity index (χ0n) is 12.4. The number of esters is 1. The Bertz CT molecular complexity index is 725. The highest BCUT2D eigenvalue weighted by Crippen LogP contribution is 2.33. The van der Waals surface area contributed by atoms with Gasteiger partial charge in [0.1, 0.15) is 12.0 Å². The fraction of sp³-hybridized carbons (Fsp3) is 0.333. The topological polar surface area (TPSA) is 88.1 Å². The summed E-state index contributed by atoms with van der Waals surface area (Å²) in [6, 6.07) is 4.56. The van der Waals surface area contributed by atoms with Crippen LogP contribution in [-0.4, -0.2) is 36.6 Å². The lowest BCUT2D eigenvalue weighted by molar-refractivity contribution is -0.133. The summed E-state index contributed by atoms with van der Waals surface area (Å²) in [5.41, 5.74) is 4.88. The van der Waals surface area contributed by atoms with Crippen LogP contribution in [0.4, 0.5) is 5.69 Å². The van der Waals surface area contributed by atoms with Crippen LogP contribution in [0.25, 0.3) is 0 Å². The van der Waals surface area contributed by atoms with E-state index < -0.39 is 29.7 Å². The molecule has 7 heteroatoms. The van der Waals surface area contributed by atoms with Gasteiger partial charge in [-0.1, -0.05) is 12.1 Å². The predicted octanol–water partition coefficient (Wildman–Crippen LogP) is 0.294. The van der Waals surface area contributed by atoms with Gasteiger partial charge in [-0.25, -0.2) is 9.69 Å². The van der Waals surface area contributed by atoms with Gasteiger partial charge in [-0.3, -0.25) is 15.0 Å². The van der Waals surface area contributed by atoms with Crippen molar-refractivity contribution in [2.75, 3.05) is 12.0 Å². The number of carbonyl (C=O) groups is 3. The lowest BCUT2D eigenvalue weighted by Gasteiger charge is -2.19. The monoisotopic (exact) mass is 301 g/mol. The number of fused-ring (bicyclic) bond motifs is 1. The summed E-state index contributed by atoms with van der Waals surface area (Å²) in [5, 5.41) is 3.78. The molecule has 0 aromatic heterocycles. The Kier molecular flexibility index (Phi) is 3.20. The maximum atomic E-state index is 12.7. The van der Waals surface area contributed by atoms with E-state index >= 15 is 0 Å². The minimum absolute atomic E-state index is 0.0568. The molecule has 2 aliphatic heterocycles. The van der Waals surface area contributed by atoms with Crippen molar-refractivity contribution in [2.24, 2.45) is 11.0 Å². The fourth-order valence-electron chi connectivity index (χ4n) is 2.78. The maximum absolute atomic E-state index is 12.7. The Morgan fingerprint density at radius 3 is 2.68 bits per heavy atom. The minimum atomic E-state index is -0.931. The van der Waals surface area contributed by atoms with Crippen LogP contribution < -0.4 is 10.3 Å². The first kappa shape index (κ1) is 14.2. The van der Waals surface area contributed by atoms with Gasteiger partial charge < -0.3 is 4.74 Å². The number of nitrogens with zero attached hydrogens (tertiary/aromatic N) is 2. The number of anilines is 1. The average Bonchev–Trinajstić information content (AvgIpc) is 3.04. The minimum Gasteiger partial charge on any atom is -0.464 e. The molecule has 0 bridgehead atoms. The van der Waals surface area contributed by atoms with Crippen molar-refractivity contribution >= 4 is 29.2 Å². The number of nitrogens with one attached hydrogen (secondary N) is 1. The Labute approximate surface area is 126 Å². The second-order valence-electron chi connectivity index (χ2n) is 5.30. The quantitative estimate of drug-likeness (QED) is 0.627. The van der Waals surface area contributed by atoms with Crippen molar-refractivity contribution in [3.8, 4) is 0 Å². The van der Waals surface area contributed by atoms with Crippen LogP contribution in [0.3, 0.4) is 0 Å². The molecule has 1 N–H and O–H groups in total. The Morgan fingerprint density at radius 1 is 1.27 bits per heavy atom. The van der Waals surface area contributed by atoms with Crippen molar-refractivity contribution in [3.63, 3.8) is 0 Å². The first-order chi connectivity index (χ1) is 10.5. The summed E-state index contributed by atoms with van der Waals surface area (Å²) in [6.45, 7) is 3.76. The van der Waals surface area contributed by atoms with Gasteiger partial charge >= 0.3 is 5.97 Å². The second kappa shape index (κ2) is 4.94. The van der Waals surface area contributed by atoms with Crippen LogP contribution in [0.2, 0.25) is 0 Å². The number of carbonyl (C=O) groups excluding carboxylic acids is 3. The van der Waals surface area contributed by atoms with E-state index in [0.717, 1.165) is 16.0 Å². The summed E-state index contributed by atoms with van der Waals surface area (Å²) in [4.78, 5) is 38.0. The van der Waals surface area contributed by atoms with Gasteiger partial charge in [-0.2, -0.15) is 5.10 Å². The molecule has 0 unspecified atom stereocenters. The third-order valence-corrected chi connectivity index (χ3v) is 4.14. The van der Waals surface area contributed by atoms with E-state index in [1.165, 1.54) is 7.11 Å². The molecule has 3 rings (SSSR count). The molecule has 2 aliphatic rings. The third kappa shape index (κ3) is 1.82. The van der Waals surface area contributed by atoms with E-state index in [2.05, 4.69) is 15.3 Å². The summed E-state index contributed by atoms with van der Waals surface area (Å²) in [6.07, 6.45) is 0. The predicted molar refractivity (Wildman–Crippen MR) is 78.3 cm³/mol. The first-order valence-electron chi connectivity index (χ1n) is 6.82. The summed E-state index contributed by atoms with van der Waals surface area (Å²) >= 11 is 0. The van der Waals surface area contributed by atoms with Crippen molar-refractivity contribution < 1.29 is 19.1 Å². The van der Waals surface area contributed by atoms with Crippen LogP contribution in [0.1, 0.15) is 11.1 Å². The number of aryl methyl sites for hydroxylation is 1. The number of rotatable bonds is 2. The number of hydrogen-bond donors (Lipinski definition) is 1. The van der Waals surface area contributed by atoms with E-state index in [0.29, 0.717) is 5.69 Å². The molecule has 0 radical (unpaired) electrons. The van der Waals surface area contributed by atoms with Crippen molar-refractivity contribution in [1.82, 2.24) is 5.43 Å². The molecule has 2 amide bonds. The normalized spacial score (nSPS) is 23.2. The number of methoxy groups -OCH3 is 1. The lowest BCUT2D eigenvalue weighted by atomic mass is 9.99. The SMILES string of the molecule is COC(=O)C1=NN[C@H]2C(=O)N(c3cccc(C)c3C)C(=O)[C@H]12. The number of hydrogen-bond acceptors (Lipinski definition) is 6. The smallest absolute Gasteiger partial charge is 0.355 e. The fourth-order valence-corrected chi connectivity index (χ4v) is 2.78. The van der Waals surface area contributed by atoms with Crippen LogP contribution in [0.15, 0.2) is 23.3 Å². The Hall–Kier alpha value is -2.70. The highest BCUT2D eigenvalue weighted by molar-refractivity contribution is 6.46. The molecule has 0 saturated carbocycles. The zero-order chi connectivity index (χ0) is 16.0. The Morgan fingerprint density at radius 2 is 2.00 bits per heavy atom. The van der Waals surface area contributed by atoms with Crippen molar-refractivity contribution in [3.05, 3.63) is 29.3 Å². The van der Waals surface area contributed by atoms with Gasteiger partial charge in [0.05, 0.1) is 12.8 Å². The molecule has 2 atom stereocenters. The summed E-state index contributed by atoms with van der Waals surface area (Å²) < 4.78 is 4.62. The molecule has 1 saturated heterocycles. The van der Waals surface area contributed by atoms with Gasteiger partial charge in [0, 0.05) is 0 Å². The summed E-state index contributed by atoms with van der Waals surface area (Å²) in [5.74, 6) is -2.51. The molecule has 1 aromatic rings. The van der Waals surface area contributed by atoms with Gasteiger partial charge in [-0.15, -0.1) is 0 Å². The van der Waals surface area contributed by atoms with Gasteiger partial charge in [0.15, 0.2) is 5.71 Å². The molecule has 1 fully saturated rings. The van der Waals surface area contributed by atoms with Gasteiger partial charge in [0.25, 0.3) is 5.91 Å². The van der Waals surface area contributed by atoms with Crippen molar-refractivity contribution in [1.29, 1.82) is 0 Å². The van der Waals surface area contributed by atoms with Gasteiger partial charge in [-0.05, 0) is 31.0 Å². The molecule has 0 spiro atoms. The molecular weight excluding hydrogens is 286 g/mol. The number of amides is 2. The van der Waals surface area contributed by atoms with Crippen LogP contribution in [0, 0.1) is 19.8 Å². The van der Waals surface area contributed by atoms with E-state index in [4.69, 9.17) is 0 Å². The standard InChI is InChI=1S/C15H15N3O4/c1-7-5-4-6-9(8(7)2)18-13(19)10-11(14(18)20)16-17-12(10)15(21)22-3/h4-6,10-11,16H,1-3H3/t10-,11+/m0/s1. The van der Waals surface area contributed by atoms with Crippen LogP contribution in [-0.2, 0) is 19.1 Å². The van der Waals surface area contributed by atoms with E-state index in [9.17, 15) is 14.4 Å². The molecule has 2 heterocycles. The maximum Gasteiger partial charge on any atom is 0.355 e. The number of imide groups is 1. The summed E-state index contributed by atoms with van der Waals surface area (Å²) in [7, 11) is 1.21. The molecule has 7 nitrogen and oxygen atoms in total. The first-order valence-corrected chi connectivity index (χ1v) is 6.82. The molecular formula is C15H15N3O4. The van der Waals surface area contributed by atoms with E-state index in [1.807, 2.05) is 19.9 Å². The van der Waals surface area contributed by atoms with Gasteiger partial charge in [0.2, 0.25) is 5.91 Å². The molecule has 22 heavy (non-hydrogen) atoms. The van der Waals surface area contributed by atoms with E-state index in [-0.39, 0.29) is 5.71 Å². The molecule has 0 aliphatic carbocycles. The third-order valence-electron chi connectivity index (χ3n) is 4.14. The largest absolute Gasteiger partial charge is 0.464 e. The Balaban J connectivity index is 2.02. The molecule has 1 aromatic carbocycles. The van der Waals surface area contributed by atoms with E-state index in [1.54, 1.807) is 12.1 Å². The lowest BCUT2D eigenvalue weighted by Crippen LogP contribution is -2.36. The number of ether oxygens (including phenoxy) is 1. The number of benzene rings is 1. The average molecular weight is 301 g/mol. The highest BCUT2D eigenvalue weighted by atomic mass is 16.5. The zero-order valence-corrected chi connectivity index (χ0v) is 12.4. The van der Waals surface area contributed by atoms with Crippen LogP contribution in [0.5, 0.6) is 0 Å². The second-order valence-corrected chi connectivity index (χ2v) is 5.30.